The first kappa shape index (κ1) is 24.8. The molecule has 0 spiro atoms. The first-order chi connectivity index (χ1) is 16.9. The summed E-state index contributed by atoms with van der Waals surface area (Å²) in [7, 11) is 1.70. The monoisotopic (exact) mass is 489 g/mol. The van der Waals surface area contributed by atoms with Gasteiger partial charge in [0.1, 0.15) is 11.5 Å². The van der Waals surface area contributed by atoms with Crippen molar-refractivity contribution in [1.29, 1.82) is 0 Å². The lowest BCUT2D eigenvalue weighted by atomic mass is 9.92. The maximum Gasteiger partial charge on any atom is 0.156 e. The highest BCUT2D eigenvalue weighted by Gasteiger charge is 2.17. The van der Waals surface area contributed by atoms with Crippen LogP contribution in [-0.2, 0) is 12.8 Å². The second kappa shape index (κ2) is 11.0. The Morgan fingerprint density at radius 1 is 0.914 bits per heavy atom. The van der Waals surface area contributed by atoms with Crippen molar-refractivity contribution < 1.29 is 9.47 Å². The van der Waals surface area contributed by atoms with E-state index in [0.29, 0.717) is 6.61 Å². The second-order valence-electron chi connectivity index (χ2n) is 8.75. The highest BCUT2D eigenvalue weighted by Crippen LogP contribution is 2.34. The summed E-state index contributed by atoms with van der Waals surface area (Å²) in [5.41, 5.74) is 6.92. The van der Waals surface area contributed by atoms with Crippen LogP contribution in [0.25, 0.3) is 10.8 Å². The van der Waals surface area contributed by atoms with Gasteiger partial charge in [-0.05, 0) is 80.1 Å². The Hall–Kier alpha value is -3.31. The van der Waals surface area contributed by atoms with Crippen LogP contribution in [-0.4, -0.2) is 30.5 Å². The molecule has 1 heterocycles. The number of ether oxygens (including phenoxy) is 2. The van der Waals surface area contributed by atoms with E-state index in [1.54, 1.807) is 7.11 Å². The van der Waals surface area contributed by atoms with E-state index >= 15 is 0 Å². The number of halogens is 1. The minimum atomic E-state index is 0.625. The fourth-order valence-electron chi connectivity index (χ4n) is 4.59. The Balaban J connectivity index is 1.67. The molecule has 4 aromatic rings. The van der Waals surface area contributed by atoms with E-state index in [4.69, 9.17) is 21.1 Å². The van der Waals surface area contributed by atoms with Crippen molar-refractivity contribution in [3.63, 3.8) is 0 Å². The molecule has 182 valence electrons. The fourth-order valence-corrected chi connectivity index (χ4v) is 4.72. The van der Waals surface area contributed by atoms with Crippen LogP contribution < -0.4 is 14.8 Å². The van der Waals surface area contributed by atoms with Gasteiger partial charge in [0, 0.05) is 34.8 Å². The number of hydrogen-bond donors (Lipinski definition) is 1. The van der Waals surface area contributed by atoms with E-state index in [1.165, 1.54) is 22.3 Å². The molecule has 0 unspecified atom stereocenters. The zero-order valence-corrected chi connectivity index (χ0v) is 21.8. The van der Waals surface area contributed by atoms with Gasteiger partial charge < -0.3 is 14.8 Å². The van der Waals surface area contributed by atoms with Gasteiger partial charge in [-0.1, -0.05) is 35.9 Å². The molecule has 1 N–H and O–H groups in total. The lowest BCUT2D eigenvalue weighted by molar-refractivity contribution is 0.335. The first-order valence-corrected chi connectivity index (χ1v) is 12.3. The van der Waals surface area contributed by atoms with Gasteiger partial charge in [-0.15, -0.1) is 5.10 Å². The molecule has 0 aliphatic rings. The summed E-state index contributed by atoms with van der Waals surface area (Å²) in [6, 6.07) is 16.3. The van der Waals surface area contributed by atoms with Gasteiger partial charge in [-0.3, -0.25) is 0 Å². The van der Waals surface area contributed by atoms with Crippen molar-refractivity contribution in [2.75, 3.05) is 25.6 Å². The molecule has 0 saturated heterocycles. The predicted octanol–water partition coefficient (Wildman–Crippen LogP) is 6.86. The van der Waals surface area contributed by atoms with Gasteiger partial charge in [0.05, 0.1) is 19.4 Å². The molecule has 0 aliphatic carbocycles. The summed E-state index contributed by atoms with van der Waals surface area (Å²) in [4.78, 5) is 0. The molecule has 5 nitrogen and oxygen atoms in total. The first-order valence-electron chi connectivity index (χ1n) is 11.9. The predicted molar refractivity (Wildman–Crippen MR) is 144 cm³/mol. The minimum absolute atomic E-state index is 0.625. The van der Waals surface area contributed by atoms with Crippen LogP contribution in [0.5, 0.6) is 11.5 Å². The lowest BCUT2D eigenvalue weighted by Gasteiger charge is -2.18. The van der Waals surface area contributed by atoms with Crippen LogP contribution in [0.2, 0.25) is 5.02 Å². The zero-order chi connectivity index (χ0) is 24.9. The van der Waals surface area contributed by atoms with Crippen molar-refractivity contribution >= 4 is 28.2 Å². The maximum absolute atomic E-state index is 6.02. The van der Waals surface area contributed by atoms with E-state index < -0.39 is 0 Å². The minimum Gasteiger partial charge on any atom is -0.496 e. The van der Waals surface area contributed by atoms with Gasteiger partial charge >= 0.3 is 0 Å². The van der Waals surface area contributed by atoms with Gasteiger partial charge in [-0.2, -0.15) is 5.10 Å². The molecule has 0 atom stereocenters. The summed E-state index contributed by atoms with van der Waals surface area (Å²) in [6.07, 6.45) is 1.62. The van der Waals surface area contributed by atoms with Crippen LogP contribution in [0.15, 0.2) is 48.5 Å². The Kier molecular flexibility index (Phi) is 7.76. The van der Waals surface area contributed by atoms with Crippen LogP contribution >= 0.6 is 11.6 Å². The fraction of sp³-hybridized carbons (Fsp3) is 0.310. The number of aryl methyl sites for hydroxylation is 3. The third-order valence-corrected chi connectivity index (χ3v) is 6.61. The SMILES string of the molecule is CCOc1ccc(Cc2cc(C)c3c(C)nnc(NCCc4ccc(Cl)cc4)c3c2C)c(OC)c1. The third kappa shape index (κ3) is 5.51. The molecular weight excluding hydrogens is 458 g/mol. The van der Waals surface area contributed by atoms with Crippen LogP contribution in [0.3, 0.4) is 0 Å². The number of benzene rings is 3. The van der Waals surface area contributed by atoms with Crippen molar-refractivity contribution in [2.24, 2.45) is 0 Å². The lowest BCUT2D eigenvalue weighted by Crippen LogP contribution is -2.10. The van der Waals surface area contributed by atoms with E-state index in [-0.39, 0.29) is 0 Å². The molecule has 0 amide bonds. The Morgan fingerprint density at radius 2 is 1.69 bits per heavy atom. The van der Waals surface area contributed by atoms with Gasteiger partial charge in [0.25, 0.3) is 0 Å². The number of rotatable bonds is 9. The summed E-state index contributed by atoms with van der Waals surface area (Å²) in [5, 5.41) is 15.6. The number of methoxy groups -OCH3 is 1. The third-order valence-electron chi connectivity index (χ3n) is 6.36. The Bertz CT molecular complexity index is 1340. The number of nitrogens with one attached hydrogen (secondary N) is 1. The normalized spacial score (nSPS) is 11.0. The number of hydrogen-bond acceptors (Lipinski definition) is 5. The molecule has 1 aromatic heterocycles. The molecule has 6 heteroatoms. The van der Waals surface area contributed by atoms with Crippen LogP contribution in [0.1, 0.15) is 40.4 Å². The van der Waals surface area contributed by atoms with Gasteiger partial charge in [0.2, 0.25) is 0 Å². The van der Waals surface area contributed by atoms with Crippen molar-refractivity contribution in [1.82, 2.24) is 10.2 Å². The largest absolute Gasteiger partial charge is 0.496 e. The summed E-state index contributed by atoms with van der Waals surface area (Å²) in [5.74, 6) is 2.47. The highest BCUT2D eigenvalue weighted by molar-refractivity contribution is 6.30. The molecule has 0 bridgehead atoms. The molecular formula is C29H32ClN3O2. The number of nitrogens with zero attached hydrogens (tertiary/aromatic N) is 2. The van der Waals surface area contributed by atoms with Crippen LogP contribution in [0.4, 0.5) is 5.82 Å². The van der Waals surface area contributed by atoms with E-state index in [9.17, 15) is 0 Å². The van der Waals surface area contributed by atoms with E-state index in [0.717, 1.165) is 63.8 Å². The van der Waals surface area contributed by atoms with Gasteiger partial charge in [-0.25, -0.2) is 0 Å². The Labute approximate surface area is 212 Å². The van der Waals surface area contributed by atoms with E-state index in [2.05, 4.69) is 53.6 Å². The van der Waals surface area contributed by atoms with Crippen molar-refractivity contribution in [2.45, 2.75) is 40.5 Å². The maximum atomic E-state index is 6.02. The number of aromatic nitrogens is 2. The van der Waals surface area contributed by atoms with Crippen molar-refractivity contribution in [3.8, 4) is 11.5 Å². The molecule has 0 aliphatic heterocycles. The average molecular weight is 490 g/mol. The molecule has 0 radical (unpaired) electrons. The smallest absolute Gasteiger partial charge is 0.156 e. The highest BCUT2D eigenvalue weighted by atomic mass is 35.5. The Morgan fingerprint density at radius 3 is 2.40 bits per heavy atom. The van der Waals surface area contributed by atoms with Gasteiger partial charge in [0.15, 0.2) is 5.82 Å². The molecule has 4 rings (SSSR count). The van der Waals surface area contributed by atoms with E-state index in [1.807, 2.05) is 38.1 Å². The topological polar surface area (TPSA) is 56.3 Å². The summed E-state index contributed by atoms with van der Waals surface area (Å²) >= 11 is 6.02. The molecule has 3 aromatic carbocycles. The number of anilines is 1. The zero-order valence-electron chi connectivity index (χ0n) is 21.0. The molecule has 35 heavy (non-hydrogen) atoms. The molecule has 0 saturated carbocycles. The quantitative estimate of drug-likeness (QED) is 0.278. The van der Waals surface area contributed by atoms with Crippen LogP contribution in [0, 0.1) is 20.8 Å². The molecule has 0 fully saturated rings. The average Bonchev–Trinajstić information content (AvgIpc) is 2.85. The summed E-state index contributed by atoms with van der Waals surface area (Å²) in [6.45, 7) is 9.70. The standard InChI is InChI=1S/C29H32ClN3O2/c1-6-35-25-12-9-22(26(17-25)34-5)16-23-15-18(2)27-20(4)32-33-29(28(27)19(23)3)31-14-13-21-7-10-24(30)11-8-21/h7-12,15,17H,6,13-14,16H2,1-5H3,(H,31,33). The van der Waals surface area contributed by atoms with Crippen molar-refractivity contribution in [3.05, 3.63) is 87.1 Å². The second-order valence-corrected chi connectivity index (χ2v) is 9.18. The summed E-state index contributed by atoms with van der Waals surface area (Å²) < 4.78 is 11.3. The number of fused-ring (bicyclic) bond motifs is 1.